The predicted octanol–water partition coefficient (Wildman–Crippen LogP) is 2.18. The Balaban J connectivity index is 1.97. The van der Waals surface area contributed by atoms with Crippen molar-refractivity contribution in [3.63, 3.8) is 0 Å². The molecule has 19 heavy (non-hydrogen) atoms. The zero-order valence-corrected chi connectivity index (χ0v) is 11.2. The van der Waals surface area contributed by atoms with Crippen LogP contribution in [0.4, 0.5) is 13.2 Å². The Kier molecular flexibility index (Phi) is 4.38. The van der Waals surface area contributed by atoms with E-state index in [-0.39, 0.29) is 24.8 Å². The highest BCUT2D eigenvalue weighted by atomic mass is 19.4. The molecule has 0 aromatic heterocycles. The molecule has 2 unspecified atom stereocenters. The lowest BCUT2D eigenvalue weighted by atomic mass is 9.80. The smallest absolute Gasteiger partial charge is 0.337 e. The second-order valence-corrected chi connectivity index (χ2v) is 5.54. The monoisotopic (exact) mass is 278 g/mol. The molecule has 0 spiro atoms. The summed E-state index contributed by atoms with van der Waals surface area (Å²) in [6, 6.07) is 0.170. The summed E-state index contributed by atoms with van der Waals surface area (Å²) in [5, 5.41) is 3.09. The van der Waals surface area contributed by atoms with Gasteiger partial charge in [0.05, 0.1) is 12.0 Å². The molecule has 2 atom stereocenters. The summed E-state index contributed by atoms with van der Waals surface area (Å²) in [5.74, 6) is -1.82. The molecule has 1 heterocycles. The molecule has 0 aromatic carbocycles. The Morgan fingerprint density at radius 3 is 2.47 bits per heavy atom. The van der Waals surface area contributed by atoms with Gasteiger partial charge in [-0.3, -0.25) is 4.79 Å². The van der Waals surface area contributed by atoms with Crippen LogP contribution >= 0.6 is 0 Å². The average Bonchev–Trinajstić information content (AvgIpc) is 2.31. The van der Waals surface area contributed by atoms with Crippen LogP contribution in [0, 0.1) is 11.8 Å². The van der Waals surface area contributed by atoms with Crippen molar-refractivity contribution in [2.45, 2.75) is 44.8 Å². The summed E-state index contributed by atoms with van der Waals surface area (Å²) in [6.07, 6.45) is -2.92. The van der Waals surface area contributed by atoms with Gasteiger partial charge >= 0.3 is 6.18 Å². The Morgan fingerprint density at radius 2 is 2.00 bits per heavy atom. The molecule has 1 N–H and O–H groups in total. The van der Waals surface area contributed by atoms with E-state index in [0.717, 1.165) is 13.1 Å². The van der Waals surface area contributed by atoms with Crippen LogP contribution in [0.3, 0.4) is 0 Å². The van der Waals surface area contributed by atoms with Crippen molar-refractivity contribution in [2.24, 2.45) is 11.8 Å². The number of rotatable bonds is 3. The number of likely N-dealkylation sites (N-methyl/N-ethyl adjacent to an activating group) is 1. The molecule has 1 saturated heterocycles. The molecule has 0 radical (unpaired) electrons. The maximum Gasteiger partial charge on any atom is 0.391 e. The molecule has 2 rings (SSSR count). The van der Waals surface area contributed by atoms with Gasteiger partial charge < -0.3 is 10.2 Å². The molecular formula is C13H21F3N2O. The molecule has 1 aliphatic heterocycles. The second kappa shape index (κ2) is 5.69. The van der Waals surface area contributed by atoms with E-state index in [4.69, 9.17) is 0 Å². The predicted molar refractivity (Wildman–Crippen MR) is 65.5 cm³/mol. The first-order chi connectivity index (χ1) is 8.93. The van der Waals surface area contributed by atoms with Gasteiger partial charge in [-0.25, -0.2) is 0 Å². The lowest BCUT2D eigenvalue weighted by Gasteiger charge is -2.41. The van der Waals surface area contributed by atoms with E-state index in [1.54, 1.807) is 4.90 Å². The summed E-state index contributed by atoms with van der Waals surface area (Å²) in [4.78, 5) is 14.1. The molecule has 2 aliphatic rings. The van der Waals surface area contributed by atoms with Gasteiger partial charge in [0.2, 0.25) is 5.91 Å². The van der Waals surface area contributed by atoms with E-state index in [0.29, 0.717) is 19.4 Å². The SMILES string of the molecule is CCN(C(=O)C1CCCC(C(F)(F)F)C1)C1CNC1. The molecule has 1 amide bonds. The molecule has 0 aromatic rings. The third-order valence-electron chi connectivity index (χ3n) is 4.31. The maximum absolute atomic E-state index is 12.8. The zero-order chi connectivity index (χ0) is 14.0. The molecule has 1 aliphatic carbocycles. The fraction of sp³-hybridized carbons (Fsp3) is 0.923. The number of hydrogen-bond acceptors (Lipinski definition) is 2. The Bertz CT molecular complexity index is 328. The Hall–Kier alpha value is -0.780. The van der Waals surface area contributed by atoms with Gasteiger partial charge in [-0.2, -0.15) is 13.2 Å². The third-order valence-corrected chi connectivity index (χ3v) is 4.31. The van der Waals surface area contributed by atoms with Crippen molar-refractivity contribution in [1.29, 1.82) is 0 Å². The third kappa shape index (κ3) is 3.22. The zero-order valence-electron chi connectivity index (χ0n) is 11.2. The van der Waals surface area contributed by atoms with Crippen molar-refractivity contribution in [3.05, 3.63) is 0 Å². The molecule has 0 bridgehead atoms. The van der Waals surface area contributed by atoms with Crippen LogP contribution in [-0.4, -0.2) is 42.7 Å². The molecule has 3 nitrogen and oxygen atoms in total. The highest BCUT2D eigenvalue weighted by Crippen LogP contribution is 2.40. The van der Waals surface area contributed by atoms with Gasteiger partial charge in [0.15, 0.2) is 0 Å². The van der Waals surface area contributed by atoms with Crippen LogP contribution < -0.4 is 5.32 Å². The van der Waals surface area contributed by atoms with Gasteiger partial charge in [-0.1, -0.05) is 6.42 Å². The minimum Gasteiger partial charge on any atom is -0.337 e. The number of nitrogens with one attached hydrogen (secondary N) is 1. The van der Waals surface area contributed by atoms with Gasteiger partial charge in [0, 0.05) is 25.6 Å². The number of halogens is 3. The summed E-state index contributed by atoms with van der Waals surface area (Å²) in [5.41, 5.74) is 0. The van der Waals surface area contributed by atoms with E-state index >= 15 is 0 Å². The van der Waals surface area contributed by atoms with Crippen LogP contribution in [0.25, 0.3) is 0 Å². The van der Waals surface area contributed by atoms with E-state index in [1.807, 2.05) is 6.92 Å². The summed E-state index contributed by atoms with van der Waals surface area (Å²) in [7, 11) is 0. The number of amides is 1. The van der Waals surface area contributed by atoms with Crippen molar-refractivity contribution in [2.75, 3.05) is 19.6 Å². The lowest BCUT2D eigenvalue weighted by Crippen LogP contribution is -2.60. The summed E-state index contributed by atoms with van der Waals surface area (Å²) >= 11 is 0. The quantitative estimate of drug-likeness (QED) is 0.858. The van der Waals surface area contributed by atoms with E-state index in [1.165, 1.54) is 0 Å². The standard InChI is InChI=1S/C13H21F3N2O/c1-2-18(11-7-17-8-11)12(19)9-4-3-5-10(6-9)13(14,15)16/h9-11,17H,2-8H2,1H3. The minimum absolute atomic E-state index is 0.0288. The lowest BCUT2D eigenvalue weighted by molar-refractivity contribution is -0.187. The number of carbonyl (C=O) groups is 1. The van der Waals surface area contributed by atoms with Gasteiger partial charge in [0.25, 0.3) is 0 Å². The fourth-order valence-corrected chi connectivity index (χ4v) is 3.03. The van der Waals surface area contributed by atoms with E-state index in [9.17, 15) is 18.0 Å². The van der Waals surface area contributed by atoms with Gasteiger partial charge in [-0.15, -0.1) is 0 Å². The molecule has 110 valence electrons. The van der Waals surface area contributed by atoms with Crippen molar-refractivity contribution in [1.82, 2.24) is 10.2 Å². The van der Waals surface area contributed by atoms with E-state index < -0.39 is 18.0 Å². The van der Waals surface area contributed by atoms with Crippen LogP contribution in [0.15, 0.2) is 0 Å². The first-order valence-electron chi connectivity index (χ1n) is 7.01. The maximum atomic E-state index is 12.8. The number of alkyl halides is 3. The number of carbonyl (C=O) groups excluding carboxylic acids is 1. The Labute approximate surface area is 111 Å². The fourth-order valence-electron chi connectivity index (χ4n) is 3.03. The van der Waals surface area contributed by atoms with Crippen molar-refractivity contribution < 1.29 is 18.0 Å². The summed E-state index contributed by atoms with van der Waals surface area (Å²) in [6.45, 7) is 3.99. The van der Waals surface area contributed by atoms with Crippen molar-refractivity contribution in [3.8, 4) is 0 Å². The van der Waals surface area contributed by atoms with Crippen LogP contribution in [0.2, 0.25) is 0 Å². The number of nitrogens with zero attached hydrogens (tertiary/aromatic N) is 1. The van der Waals surface area contributed by atoms with Gasteiger partial charge in [-0.05, 0) is 26.2 Å². The molecule has 1 saturated carbocycles. The number of hydrogen-bond donors (Lipinski definition) is 1. The van der Waals surface area contributed by atoms with Crippen LogP contribution in [0.5, 0.6) is 0 Å². The highest BCUT2D eigenvalue weighted by Gasteiger charge is 2.44. The second-order valence-electron chi connectivity index (χ2n) is 5.54. The average molecular weight is 278 g/mol. The normalized spacial score (nSPS) is 28.8. The van der Waals surface area contributed by atoms with Gasteiger partial charge in [0.1, 0.15) is 0 Å². The Morgan fingerprint density at radius 1 is 1.32 bits per heavy atom. The first kappa shape index (κ1) is 14.6. The highest BCUT2D eigenvalue weighted by molar-refractivity contribution is 5.79. The topological polar surface area (TPSA) is 32.3 Å². The molecule has 2 fully saturated rings. The largest absolute Gasteiger partial charge is 0.391 e. The summed E-state index contributed by atoms with van der Waals surface area (Å²) < 4.78 is 38.3. The minimum atomic E-state index is -4.16. The van der Waals surface area contributed by atoms with Crippen molar-refractivity contribution >= 4 is 5.91 Å². The molecular weight excluding hydrogens is 257 g/mol. The first-order valence-corrected chi connectivity index (χ1v) is 7.01. The van der Waals surface area contributed by atoms with E-state index in [2.05, 4.69) is 5.32 Å². The van der Waals surface area contributed by atoms with Crippen LogP contribution in [0.1, 0.15) is 32.6 Å². The molecule has 6 heteroatoms. The van der Waals surface area contributed by atoms with Crippen LogP contribution in [-0.2, 0) is 4.79 Å².